The Morgan fingerprint density at radius 3 is 2.65 bits per heavy atom. The lowest BCUT2D eigenvalue weighted by Gasteiger charge is -2.05. The number of rotatable bonds is 6. The van der Waals surface area contributed by atoms with Gasteiger partial charge in [-0.3, -0.25) is 4.99 Å². The number of benzene rings is 1. The normalized spacial score (nSPS) is 12.3. The summed E-state index contributed by atoms with van der Waals surface area (Å²) in [6.45, 7) is 3.49. The summed E-state index contributed by atoms with van der Waals surface area (Å²) >= 11 is 0. The lowest BCUT2D eigenvalue weighted by atomic mass is 10.2. The maximum absolute atomic E-state index is 11.7. The summed E-state index contributed by atoms with van der Waals surface area (Å²) in [6, 6.07) is 7.02. The van der Waals surface area contributed by atoms with Gasteiger partial charge >= 0.3 is 5.97 Å². The van der Waals surface area contributed by atoms with Crippen LogP contribution in [0.3, 0.4) is 0 Å². The molecule has 0 bridgehead atoms. The van der Waals surface area contributed by atoms with Gasteiger partial charge in [-0.25, -0.2) is 4.79 Å². The molecule has 0 heterocycles. The Labute approximate surface area is 118 Å². The second-order valence-corrected chi connectivity index (χ2v) is 3.98. The van der Waals surface area contributed by atoms with Crippen molar-refractivity contribution in [3.05, 3.63) is 41.2 Å². The summed E-state index contributed by atoms with van der Waals surface area (Å²) in [5.41, 5.74) is 1.21. The lowest BCUT2D eigenvalue weighted by Crippen LogP contribution is -2.11. The van der Waals surface area contributed by atoms with Gasteiger partial charge in [-0.15, -0.1) is 0 Å². The zero-order chi connectivity index (χ0) is 15.0. The van der Waals surface area contributed by atoms with Crippen molar-refractivity contribution in [3.8, 4) is 0 Å². The molecule has 0 radical (unpaired) electrons. The molecule has 5 heteroatoms. The van der Waals surface area contributed by atoms with E-state index in [0.29, 0.717) is 17.7 Å². The van der Waals surface area contributed by atoms with Gasteiger partial charge in [-0.2, -0.15) is 0 Å². The number of ether oxygens (including phenoxy) is 1. The predicted molar refractivity (Wildman–Crippen MR) is 77.1 cm³/mol. The fourth-order valence-electron chi connectivity index (χ4n) is 1.55. The summed E-state index contributed by atoms with van der Waals surface area (Å²) in [4.78, 5) is 15.9. The van der Waals surface area contributed by atoms with Crippen LogP contribution in [-0.2, 0) is 16.1 Å². The SMILES string of the molecule is CCOC(=O)/C(C=Nc1ccccc1CO)=C(/O)CC. The Morgan fingerprint density at radius 2 is 2.05 bits per heavy atom. The number of hydrogen-bond acceptors (Lipinski definition) is 5. The number of carbonyl (C=O) groups is 1. The highest BCUT2D eigenvalue weighted by Gasteiger charge is 2.13. The van der Waals surface area contributed by atoms with E-state index >= 15 is 0 Å². The van der Waals surface area contributed by atoms with Crippen LogP contribution < -0.4 is 0 Å². The van der Waals surface area contributed by atoms with Gasteiger partial charge in [0.2, 0.25) is 0 Å². The fraction of sp³-hybridized carbons (Fsp3) is 0.333. The first kappa shape index (κ1) is 15.9. The minimum absolute atomic E-state index is 0.0297. The molecule has 0 saturated heterocycles. The van der Waals surface area contributed by atoms with E-state index in [2.05, 4.69) is 4.99 Å². The number of aliphatic hydroxyl groups excluding tert-OH is 2. The number of nitrogens with zero attached hydrogens (tertiary/aromatic N) is 1. The third kappa shape index (κ3) is 4.20. The molecule has 0 aromatic heterocycles. The Kier molecular flexibility index (Phi) is 6.46. The van der Waals surface area contributed by atoms with Gasteiger partial charge in [0.25, 0.3) is 0 Å². The van der Waals surface area contributed by atoms with Gasteiger partial charge in [0, 0.05) is 18.2 Å². The molecule has 0 aliphatic rings. The average molecular weight is 277 g/mol. The number of aliphatic imine (C=N–C) groups is 1. The third-order valence-corrected chi connectivity index (χ3v) is 2.64. The van der Waals surface area contributed by atoms with Crippen LogP contribution in [0.25, 0.3) is 0 Å². The molecule has 1 rings (SSSR count). The molecule has 0 atom stereocenters. The third-order valence-electron chi connectivity index (χ3n) is 2.64. The molecule has 0 aliphatic heterocycles. The topological polar surface area (TPSA) is 79.1 Å². The van der Waals surface area contributed by atoms with Crippen LogP contribution in [0.5, 0.6) is 0 Å². The first-order valence-corrected chi connectivity index (χ1v) is 6.46. The van der Waals surface area contributed by atoms with Crippen LogP contribution >= 0.6 is 0 Å². The summed E-state index contributed by atoms with van der Waals surface area (Å²) in [5, 5.41) is 19.0. The Morgan fingerprint density at radius 1 is 1.35 bits per heavy atom. The molecule has 1 aromatic rings. The summed E-state index contributed by atoms with van der Waals surface area (Å²) in [5.74, 6) is -0.689. The number of aliphatic hydroxyl groups is 2. The van der Waals surface area contributed by atoms with Crippen molar-refractivity contribution in [2.24, 2.45) is 4.99 Å². The highest BCUT2D eigenvalue weighted by atomic mass is 16.5. The van der Waals surface area contributed by atoms with Crippen molar-refractivity contribution >= 4 is 17.9 Å². The standard InChI is InChI=1S/C15H19NO4/c1-3-14(18)12(15(19)20-4-2)9-16-13-8-6-5-7-11(13)10-17/h5-9,17-18H,3-4,10H2,1-2H3/b14-12+,16-9?. The molecule has 1 aromatic carbocycles. The van der Waals surface area contributed by atoms with Crippen LogP contribution in [-0.4, -0.2) is 29.0 Å². The molecule has 0 fully saturated rings. The van der Waals surface area contributed by atoms with Crippen molar-refractivity contribution in [1.82, 2.24) is 0 Å². The van der Waals surface area contributed by atoms with E-state index in [1.807, 2.05) is 0 Å². The molecule has 0 unspecified atom stereocenters. The number of allylic oxidation sites excluding steroid dienone is 1. The smallest absolute Gasteiger partial charge is 0.343 e. The quantitative estimate of drug-likeness (QED) is 0.362. The minimum Gasteiger partial charge on any atom is -0.511 e. The molecule has 2 N–H and O–H groups in total. The predicted octanol–water partition coefficient (Wildman–Crippen LogP) is 2.67. The van der Waals surface area contributed by atoms with E-state index in [9.17, 15) is 15.0 Å². The fourth-order valence-corrected chi connectivity index (χ4v) is 1.55. The Bertz CT molecular complexity index is 520. The molecular formula is C15H19NO4. The Balaban J connectivity index is 3.07. The number of hydrogen-bond donors (Lipinski definition) is 2. The number of esters is 1. The number of carbonyl (C=O) groups excluding carboxylic acids is 1. The zero-order valence-corrected chi connectivity index (χ0v) is 11.7. The van der Waals surface area contributed by atoms with Gasteiger partial charge in [0.1, 0.15) is 11.3 Å². The first-order valence-electron chi connectivity index (χ1n) is 6.46. The van der Waals surface area contributed by atoms with Gasteiger partial charge < -0.3 is 14.9 Å². The van der Waals surface area contributed by atoms with Crippen LogP contribution in [0.4, 0.5) is 5.69 Å². The van der Waals surface area contributed by atoms with Gasteiger partial charge in [0.15, 0.2) is 0 Å². The largest absolute Gasteiger partial charge is 0.511 e. The maximum atomic E-state index is 11.7. The Hall–Kier alpha value is -2.14. The van der Waals surface area contributed by atoms with E-state index in [4.69, 9.17) is 4.74 Å². The highest BCUT2D eigenvalue weighted by Crippen LogP contribution is 2.19. The van der Waals surface area contributed by atoms with Crippen LogP contribution in [0.2, 0.25) is 0 Å². The summed E-state index contributed by atoms with van der Waals surface area (Å²) in [7, 11) is 0. The van der Waals surface area contributed by atoms with Crippen molar-refractivity contribution < 1.29 is 19.7 Å². The molecular weight excluding hydrogens is 258 g/mol. The van der Waals surface area contributed by atoms with Gasteiger partial charge in [-0.1, -0.05) is 25.1 Å². The van der Waals surface area contributed by atoms with E-state index < -0.39 is 5.97 Å². The summed E-state index contributed by atoms with van der Waals surface area (Å²) in [6.07, 6.45) is 1.58. The van der Waals surface area contributed by atoms with E-state index in [-0.39, 0.29) is 24.5 Å². The summed E-state index contributed by atoms with van der Waals surface area (Å²) < 4.78 is 4.87. The molecule has 0 amide bonds. The monoisotopic (exact) mass is 277 g/mol. The van der Waals surface area contributed by atoms with Crippen molar-refractivity contribution in [2.45, 2.75) is 26.9 Å². The lowest BCUT2D eigenvalue weighted by molar-refractivity contribution is -0.138. The van der Waals surface area contributed by atoms with Crippen molar-refractivity contribution in [2.75, 3.05) is 6.61 Å². The van der Waals surface area contributed by atoms with Crippen molar-refractivity contribution in [3.63, 3.8) is 0 Å². The molecule has 0 spiro atoms. The maximum Gasteiger partial charge on any atom is 0.343 e. The molecule has 5 nitrogen and oxygen atoms in total. The van der Waals surface area contributed by atoms with E-state index in [1.165, 1.54) is 6.21 Å². The number of para-hydroxylation sites is 1. The minimum atomic E-state index is -0.614. The van der Waals surface area contributed by atoms with Gasteiger partial charge in [0.05, 0.1) is 18.9 Å². The molecule has 108 valence electrons. The zero-order valence-electron chi connectivity index (χ0n) is 11.7. The molecule has 20 heavy (non-hydrogen) atoms. The van der Waals surface area contributed by atoms with E-state index in [1.54, 1.807) is 38.1 Å². The van der Waals surface area contributed by atoms with Gasteiger partial charge in [-0.05, 0) is 13.0 Å². The molecule has 0 saturated carbocycles. The van der Waals surface area contributed by atoms with E-state index in [0.717, 1.165) is 0 Å². The van der Waals surface area contributed by atoms with Crippen LogP contribution in [0.15, 0.2) is 40.6 Å². The second kappa shape index (κ2) is 8.12. The highest BCUT2D eigenvalue weighted by molar-refractivity contribution is 6.10. The average Bonchev–Trinajstić information content (AvgIpc) is 2.47. The van der Waals surface area contributed by atoms with Crippen LogP contribution in [0, 0.1) is 0 Å². The second-order valence-electron chi connectivity index (χ2n) is 3.98. The molecule has 0 aliphatic carbocycles. The van der Waals surface area contributed by atoms with Crippen LogP contribution in [0.1, 0.15) is 25.8 Å². The first-order chi connectivity index (χ1) is 9.63. The van der Waals surface area contributed by atoms with Crippen molar-refractivity contribution in [1.29, 1.82) is 0 Å².